The highest BCUT2D eigenvalue weighted by molar-refractivity contribution is 6.24. The minimum Gasteiger partial charge on any atom is -0.367 e. The number of imide groups is 2. The average Bonchev–Trinajstić information content (AvgIpc) is 2.90. The van der Waals surface area contributed by atoms with Crippen molar-refractivity contribution >= 4 is 29.3 Å². The Morgan fingerprint density at radius 2 is 1.70 bits per heavy atom. The van der Waals surface area contributed by atoms with Crippen molar-refractivity contribution in [3.05, 3.63) is 28.8 Å². The highest BCUT2D eigenvalue weighted by Gasteiger charge is 2.47. The van der Waals surface area contributed by atoms with Gasteiger partial charge in [0.25, 0.3) is 11.8 Å². The fourth-order valence-electron chi connectivity index (χ4n) is 3.68. The molecule has 4 amide bonds. The van der Waals surface area contributed by atoms with Gasteiger partial charge in [0.15, 0.2) is 11.6 Å². The Labute approximate surface area is 152 Å². The molecule has 27 heavy (non-hydrogen) atoms. The number of hydrogen-bond donors (Lipinski definition) is 2. The molecule has 4 rings (SSSR count). The van der Waals surface area contributed by atoms with Crippen molar-refractivity contribution in [1.29, 1.82) is 0 Å². The van der Waals surface area contributed by atoms with Gasteiger partial charge in [0, 0.05) is 32.6 Å². The molecule has 0 aliphatic carbocycles. The van der Waals surface area contributed by atoms with Crippen molar-refractivity contribution in [2.75, 3.05) is 31.1 Å². The lowest BCUT2D eigenvalue weighted by atomic mass is 10.0. The number of carbonyl (C=O) groups excluding carboxylic acids is 4. The number of hydrogen-bond acceptors (Lipinski definition) is 6. The molecule has 8 nitrogen and oxygen atoms in total. The number of piperidine rings is 1. The van der Waals surface area contributed by atoms with Crippen LogP contribution in [-0.2, 0) is 9.59 Å². The summed E-state index contributed by atoms with van der Waals surface area (Å²) >= 11 is 0. The van der Waals surface area contributed by atoms with E-state index in [-0.39, 0.29) is 24.1 Å². The third-order valence-corrected chi connectivity index (χ3v) is 5.05. The van der Waals surface area contributed by atoms with E-state index in [0.29, 0.717) is 31.1 Å². The molecule has 2 N–H and O–H groups in total. The van der Waals surface area contributed by atoms with Crippen molar-refractivity contribution in [2.24, 2.45) is 0 Å². The van der Waals surface area contributed by atoms with Gasteiger partial charge in [-0.3, -0.25) is 29.4 Å². The van der Waals surface area contributed by atoms with E-state index in [2.05, 4.69) is 10.6 Å². The first-order valence-electron chi connectivity index (χ1n) is 8.59. The molecule has 10 heteroatoms. The summed E-state index contributed by atoms with van der Waals surface area (Å²) in [5.74, 6) is -5.82. The van der Waals surface area contributed by atoms with Crippen molar-refractivity contribution in [3.63, 3.8) is 0 Å². The van der Waals surface area contributed by atoms with Crippen molar-refractivity contribution in [2.45, 2.75) is 18.9 Å². The zero-order valence-electron chi connectivity index (χ0n) is 14.2. The SMILES string of the molecule is O=C1CCC(N2C(=O)c3cc(N4CCNCC4)c(F)c(F)c3C2=O)C(=O)N1. The van der Waals surface area contributed by atoms with Gasteiger partial charge in [-0.25, -0.2) is 8.78 Å². The number of nitrogens with zero attached hydrogens (tertiary/aromatic N) is 2. The molecule has 0 saturated carbocycles. The molecule has 1 aromatic carbocycles. The number of halogens is 2. The van der Waals surface area contributed by atoms with Gasteiger partial charge in [-0.05, 0) is 12.5 Å². The number of piperazine rings is 1. The van der Waals surface area contributed by atoms with Crippen LogP contribution in [0.25, 0.3) is 0 Å². The highest BCUT2D eigenvalue weighted by Crippen LogP contribution is 2.35. The summed E-state index contributed by atoms with van der Waals surface area (Å²) in [5.41, 5.74) is -1.02. The molecule has 3 aliphatic heterocycles. The van der Waals surface area contributed by atoms with Crippen LogP contribution in [0.1, 0.15) is 33.6 Å². The zero-order chi connectivity index (χ0) is 19.3. The van der Waals surface area contributed by atoms with E-state index >= 15 is 0 Å². The Morgan fingerprint density at radius 3 is 2.37 bits per heavy atom. The second kappa shape index (κ2) is 6.38. The summed E-state index contributed by atoms with van der Waals surface area (Å²) in [6.45, 7) is 2.00. The van der Waals surface area contributed by atoms with Gasteiger partial charge < -0.3 is 10.2 Å². The predicted octanol–water partition coefficient (Wildman–Crippen LogP) is -0.224. The number of amides is 4. The topological polar surface area (TPSA) is 98.8 Å². The molecule has 1 unspecified atom stereocenters. The fraction of sp³-hybridized carbons (Fsp3) is 0.412. The lowest BCUT2D eigenvalue weighted by molar-refractivity contribution is -0.136. The minimum absolute atomic E-state index is 0.0489. The highest BCUT2D eigenvalue weighted by atomic mass is 19.2. The molecule has 1 aromatic rings. The molecule has 142 valence electrons. The third-order valence-electron chi connectivity index (χ3n) is 5.05. The zero-order valence-corrected chi connectivity index (χ0v) is 14.2. The maximum absolute atomic E-state index is 14.7. The number of fused-ring (bicyclic) bond motifs is 1. The van der Waals surface area contributed by atoms with Gasteiger partial charge >= 0.3 is 0 Å². The molecule has 0 aromatic heterocycles. The number of rotatable bonds is 2. The van der Waals surface area contributed by atoms with Gasteiger partial charge in [0.2, 0.25) is 11.8 Å². The van der Waals surface area contributed by atoms with Crippen LogP contribution in [0.15, 0.2) is 6.07 Å². The molecule has 3 aliphatic rings. The Balaban J connectivity index is 1.73. The van der Waals surface area contributed by atoms with Crippen molar-refractivity contribution in [3.8, 4) is 0 Å². The molecule has 1 atom stereocenters. The molecular formula is C17H16F2N4O4. The molecular weight excluding hydrogens is 362 g/mol. The van der Waals surface area contributed by atoms with Crippen molar-refractivity contribution < 1.29 is 28.0 Å². The molecule has 0 spiro atoms. The van der Waals surface area contributed by atoms with E-state index in [0.717, 1.165) is 0 Å². The van der Waals surface area contributed by atoms with Crippen LogP contribution in [0, 0.1) is 11.6 Å². The number of nitrogens with one attached hydrogen (secondary N) is 2. The van der Waals surface area contributed by atoms with E-state index < -0.39 is 46.9 Å². The second-order valence-electron chi connectivity index (χ2n) is 6.63. The molecule has 2 fully saturated rings. The summed E-state index contributed by atoms with van der Waals surface area (Å²) < 4.78 is 29.3. The monoisotopic (exact) mass is 378 g/mol. The van der Waals surface area contributed by atoms with Gasteiger partial charge in [0.05, 0.1) is 16.8 Å². The Kier molecular flexibility index (Phi) is 4.14. The lowest BCUT2D eigenvalue weighted by Gasteiger charge is -2.30. The molecule has 2 saturated heterocycles. The van der Waals surface area contributed by atoms with Gasteiger partial charge in [-0.2, -0.15) is 0 Å². The minimum atomic E-state index is -1.39. The van der Waals surface area contributed by atoms with E-state index in [9.17, 15) is 28.0 Å². The summed E-state index contributed by atoms with van der Waals surface area (Å²) in [5, 5.41) is 5.14. The first-order chi connectivity index (χ1) is 12.9. The first kappa shape index (κ1) is 17.5. The predicted molar refractivity (Wildman–Crippen MR) is 88.1 cm³/mol. The van der Waals surface area contributed by atoms with Gasteiger partial charge in [-0.1, -0.05) is 0 Å². The molecule has 0 radical (unpaired) electrons. The lowest BCUT2D eigenvalue weighted by Crippen LogP contribution is -2.54. The number of benzene rings is 1. The van der Waals surface area contributed by atoms with Crippen LogP contribution < -0.4 is 15.5 Å². The summed E-state index contributed by atoms with van der Waals surface area (Å²) in [4.78, 5) is 50.9. The molecule has 0 bridgehead atoms. The van der Waals surface area contributed by atoms with Crippen molar-refractivity contribution in [1.82, 2.24) is 15.5 Å². The standard InChI is InChI=1S/C17H16F2N4O4/c18-13-10(22-5-3-20-4-6-22)7-8-12(14(13)19)17(27)23(16(8)26)9-1-2-11(24)21-15(9)25/h7,9,20H,1-6H2,(H,21,24,25). The summed E-state index contributed by atoms with van der Waals surface area (Å²) in [7, 11) is 0. The second-order valence-corrected chi connectivity index (χ2v) is 6.63. The third kappa shape index (κ3) is 2.67. The van der Waals surface area contributed by atoms with Crippen LogP contribution in [-0.4, -0.2) is 60.7 Å². The Hall–Kier alpha value is -2.88. The largest absolute Gasteiger partial charge is 0.367 e. The average molecular weight is 378 g/mol. The quantitative estimate of drug-likeness (QED) is 0.691. The van der Waals surface area contributed by atoms with E-state index in [1.165, 1.54) is 6.07 Å². The van der Waals surface area contributed by atoms with E-state index in [4.69, 9.17) is 0 Å². The Bertz CT molecular complexity index is 882. The Morgan fingerprint density at radius 1 is 1.00 bits per heavy atom. The van der Waals surface area contributed by atoms with Crippen LogP contribution in [0.2, 0.25) is 0 Å². The number of anilines is 1. The number of carbonyl (C=O) groups is 4. The maximum Gasteiger partial charge on any atom is 0.265 e. The van der Waals surface area contributed by atoms with Crippen LogP contribution in [0.3, 0.4) is 0 Å². The van der Waals surface area contributed by atoms with E-state index in [1.807, 2.05) is 0 Å². The van der Waals surface area contributed by atoms with Crippen LogP contribution in [0.4, 0.5) is 14.5 Å². The fourth-order valence-corrected chi connectivity index (χ4v) is 3.68. The smallest absolute Gasteiger partial charge is 0.265 e. The van der Waals surface area contributed by atoms with E-state index in [1.54, 1.807) is 4.90 Å². The van der Waals surface area contributed by atoms with Crippen LogP contribution >= 0.6 is 0 Å². The maximum atomic E-state index is 14.7. The summed E-state index contributed by atoms with van der Waals surface area (Å²) in [6, 6.07) is -0.0502. The van der Waals surface area contributed by atoms with Crippen LogP contribution in [0.5, 0.6) is 0 Å². The first-order valence-corrected chi connectivity index (χ1v) is 8.59. The normalized spacial score (nSPS) is 23.0. The molecule has 3 heterocycles. The summed E-state index contributed by atoms with van der Waals surface area (Å²) in [6.07, 6.45) is -0.0996. The van der Waals surface area contributed by atoms with Gasteiger partial charge in [-0.15, -0.1) is 0 Å². The van der Waals surface area contributed by atoms with Gasteiger partial charge in [0.1, 0.15) is 6.04 Å².